The van der Waals surface area contributed by atoms with Gasteiger partial charge in [0.15, 0.2) is 11.5 Å². The number of aromatic hydroxyl groups is 2. The van der Waals surface area contributed by atoms with Crippen molar-refractivity contribution in [1.82, 2.24) is 19.6 Å². The minimum atomic E-state index is -0.435. The molecule has 0 saturated carbocycles. The van der Waals surface area contributed by atoms with Gasteiger partial charge in [-0.3, -0.25) is 19.4 Å². The van der Waals surface area contributed by atoms with Gasteiger partial charge in [-0.15, -0.1) is 0 Å². The largest absolute Gasteiger partial charge is 0.502 e. The number of hydrogen-bond acceptors (Lipinski definition) is 10. The van der Waals surface area contributed by atoms with E-state index in [0.717, 1.165) is 52.4 Å². The molecule has 10 heteroatoms. The molecule has 2 aromatic rings. The predicted octanol–water partition coefficient (Wildman–Crippen LogP) is 0.186. The van der Waals surface area contributed by atoms with Gasteiger partial charge < -0.3 is 28.8 Å². The van der Waals surface area contributed by atoms with Crippen LogP contribution in [0.1, 0.15) is 11.5 Å². The number of rotatable bonds is 4. The number of likely N-dealkylation sites (N-methyl/N-ethyl adjacent to an activating group) is 2. The second-order valence-corrected chi connectivity index (χ2v) is 8.27. The smallest absolute Gasteiger partial charge is 0.226 e. The molecule has 0 bridgehead atoms. The average molecular weight is 449 g/mol. The molecule has 176 valence electrons. The highest BCUT2D eigenvalue weighted by Crippen LogP contribution is 2.15. The van der Waals surface area contributed by atoms with Crippen LogP contribution in [0.2, 0.25) is 0 Å². The fourth-order valence-electron chi connectivity index (χ4n) is 3.54. The second-order valence-electron chi connectivity index (χ2n) is 8.27. The molecule has 3 heterocycles. The summed E-state index contributed by atoms with van der Waals surface area (Å²) in [6.45, 7) is 6.88. The standard InChI is InChI=1S/C22H32N4O6/c1-23-5-9-25(15-19-21(29)17(27)3-13-31-19)11-7-24(2)8-12-26(10-6-23)16-20-22(30)18(28)4-14-32-20/h3-4,13-14,29-30H,5-12,15-16H2,1-2H3. The van der Waals surface area contributed by atoms with Crippen LogP contribution in [0.15, 0.2) is 43.1 Å². The molecule has 0 aromatic carbocycles. The lowest BCUT2D eigenvalue weighted by atomic mass is 10.3. The molecular weight excluding hydrogens is 416 g/mol. The van der Waals surface area contributed by atoms with Crippen LogP contribution in [-0.2, 0) is 13.1 Å². The van der Waals surface area contributed by atoms with E-state index in [9.17, 15) is 19.8 Å². The van der Waals surface area contributed by atoms with E-state index in [2.05, 4.69) is 19.6 Å². The third-order valence-electron chi connectivity index (χ3n) is 5.78. The van der Waals surface area contributed by atoms with Crippen molar-refractivity contribution in [2.24, 2.45) is 0 Å². The Morgan fingerprint density at radius 2 is 1.03 bits per heavy atom. The highest BCUT2D eigenvalue weighted by molar-refractivity contribution is 5.23. The summed E-state index contributed by atoms with van der Waals surface area (Å²) in [4.78, 5) is 32.1. The van der Waals surface area contributed by atoms with Gasteiger partial charge in [-0.1, -0.05) is 0 Å². The minimum Gasteiger partial charge on any atom is -0.502 e. The Balaban J connectivity index is 1.64. The fraction of sp³-hybridized carbons (Fsp3) is 0.545. The molecule has 1 aliphatic heterocycles. The van der Waals surface area contributed by atoms with Crippen molar-refractivity contribution < 1.29 is 19.0 Å². The highest BCUT2D eigenvalue weighted by atomic mass is 16.4. The first-order valence-corrected chi connectivity index (χ1v) is 10.7. The van der Waals surface area contributed by atoms with Crippen molar-refractivity contribution in [2.45, 2.75) is 13.1 Å². The number of hydrogen-bond donors (Lipinski definition) is 2. The summed E-state index contributed by atoms with van der Waals surface area (Å²) in [7, 11) is 4.07. The highest BCUT2D eigenvalue weighted by Gasteiger charge is 2.18. The van der Waals surface area contributed by atoms with Gasteiger partial charge in [0.05, 0.1) is 25.6 Å². The van der Waals surface area contributed by atoms with Crippen molar-refractivity contribution in [3.63, 3.8) is 0 Å². The Morgan fingerprint density at radius 3 is 1.38 bits per heavy atom. The topological polar surface area (TPSA) is 114 Å². The Hall–Kier alpha value is -2.66. The third-order valence-corrected chi connectivity index (χ3v) is 5.78. The molecule has 0 spiro atoms. The van der Waals surface area contributed by atoms with E-state index in [1.807, 2.05) is 14.1 Å². The fourth-order valence-corrected chi connectivity index (χ4v) is 3.54. The van der Waals surface area contributed by atoms with E-state index < -0.39 is 10.9 Å². The lowest BCUT2D eigenvalue weighted by Gasteiger charge is -2.31. The predicted molar refractivity (Wildman–Crippen MR) is 119 cm³/mol. The van der Waals surface area contributed by atoms with Crippen molar-refractivity contribution >= 4 is 0 Å². The van der Waals surface area contributed by atoms with Gasteiger partial charge in [0.25, 0.3) is 0 Å². The molecule has 1 saturated heterocycles. The summed E-state index contributed by atoms with van der Waals surface area (Å²) in [5, 5.41) is 20.0. The summed E-state index contributed by atoms with van der Waals surface area (Å²) in [6, 6.07) is 2.42. The maximum atomic E-state index is 11.7. The molecule has 3 rings (SSSR count). The lowest BCUT2D eigenvalue weighted by Crippen LogP contribution is -2.43. The second kappa shape index (κ2) is 11.3. The zero-order valence-corrected chi connectivity index (χ0v) is 18.7. The van der Waals surface area contributed by atoms with E-state index in [-0.39, 0.29) is 23.0 Å². The Labute approximate surface area is 186 Å². The SMILES string of the molecule is CN1CCN(Cc2occc(=O)c2O)CCN(C)CCN(Cc2occc(=O)c2O)CC1. The van der Waals surface area contributed by atoms with Crippen molar-refractivity contribution in [1.29, 1.82) is 0 Å². The van der Waals surface area contributed by atoms with E-state index in [1.165, 1.54) is 24.7 Å². The van der Waals surface area contributed by atoms with Gasteiger partial charge in [0.1, 0.15) is 0 Å². The quantitative estimate of drug-likeness (QED) is 0.672. The minimum absolute atomic E-state index is 0.283. The normalized spacial score (nSPS) is 18.8. The van der Waals surface area contributed by atoms with Crippen LogP contribution >= 0.6 is 0 Å². The van der Waals surface area contributed by atoms with E-state index in [1.54, 1.807) is 0 Å². The molecule has 0 atom stereocenters. The van der Waals surface area contributed by atoms with Gasteiger partial charge in [0, 0.05) is 64.5 Å². The molecule has 10 nitrogen and oxygen atoms in total. The molecule has 0 radical (unpaired) electrons. The maximum Gasteiger partial charge on any atom is 0.226 e. The molecule has 0 aliphatic carbocycles. The van der Waals surface area contributed by atoms with Gasteiger partial charge in [-0.2, -0.15) is 0 Å². The zero-order chi connectivity index (χ0) is 23.1. The monoisotopic (exact) mass is 448 g/mol. The van der Waals surface area contributed by atoms with Crippen LogP contribution < -0.4 is 10.9 Å². The summed E-state index contributed by atoms with van der Waals surface area (Å²) < 4.78 is 10.8. The van der Waals surface area contributed by atoms with Crippen LogP contribution in [0, 0.1) is 0 Å². The molecule has 0 unspecified atom stereocenters. The Morgan fingerprint density at radius 1 is 0.688 bits per heavy atom. The Kier molecular flexibility index (Phi) is 8.46. The average Bonchev–Trinajstić information content (AvgIpc) is 2.77. The van der Waals surface area contributed by atoms with Crippen molar-refractivity contribution in [3.8, 4) is 11.5 Å². The molecule has 1 aliphatic rings. The maximum absolute atomic E-state index is 11.7. The summed E-state index contributed by atoms with van der Waals surface area (Å²) in [5.41, 5.74) is -0.870. The molecular formula is C22H32N4O6. The van der Waals surface area contributed by atoms with Crippen molar-refractivity contribution in [2.75, 3.05) is 66.5 Å². The first-order chi connectivity index (χ1) is 15.3. The van der Waals surface area contributed by atoms with Gasteiger partial charge in [0.2, 0.25) is 22.4 Å². The first-order valence-electron chi connectivity index (χ1n) is 10.7. The van der Waals surface area contributed by atoms with Crippen LogP contribution in [0.3, 0.4) is 0 Å². The molecule has 2 aromatic heterocycles. The van der Waals surface area contributed by atoms with Crippen molar-refractivity contribution in [3.05, 3.63) is 56.6 Å². The summed E-state index contributed by atoms with van der Waals surface area (Å²) >= 11 is 0. The van der Waals surface area contributed by atoms with Crippen LogP contribution in [-0.4, -0.2) is 96.3 Å². The van der Waals surface area contributed by atoms with Gasteiger partial charge >= 0.3 is 0 Å². The zero-order valence-electron chi connectivity index (χ0n) is 18.7. The third kappa shape index (κ3) is 6.67. The van der Waals surface area contributed by atoms with Gasteiger partial charge in [-0.05, 0) is 14.1 Å². The summed E-state index contributed by atoms with van der Waals surface area (Å²) in [6.07, 6.45) is 2.63. The molecule has 32 heavy (non-hydrogen) atoms. The van der Waals surface area contributed by atoms with Gasteiger partial charge in [-0.25, -0.2) is 0 Å². The Bertz CT molecular complexity index is 895. The first kappa shape index (κ1) is 24.0. The molecule has 0 amide bonds. The summed E-state index contributed by atoms with van der Waals surface area (Å²) in [5.74, 6) is -0.0889. The van der Waals surface area contributed by atoms with E-state index in [4.69, 9.17) is 8.83 Å². The lowest BCUT2D eigenvalue weighted by molar-refractivity contribution is 0.137. The van der Waals surface area contributed by atoms with Crippen LogP contribution in [0.4, 0.5) is 0 Å². The van der Waals surface area contributed by atoms with Crippen LogP contribution in [0.5, 0.6) is 11.5 Å². The van der Waals surface area contributed by atoms with E-state index in [0.29, 0.717) is 13.1 Å². The number of nitrogens with zero attached hydrogens (tertiary/aromatic N) is 4. The molecule has 1 fully saturated rings. The van der Waals surface area contributed by atoms with Crippen LogP contribution in [0.25, 0.3) is 0 Å². The molecule has 2 N–H and O–H groups in total. The van der Waals surface area contributed by atoms with E-state index >= 15 is 0 Å².